The topological polar surface area (TPSA) is 91.0 Å². The van der Waals surface area contributed by atoms with Crippen LogP contribution in [0.5, 0.6) is 0 Å². The maximum atomic E-state index is 14.2. The van der Waals surface area contributed by atoms with E-state index in [1.54, 1.807) is 17.0 Å². The van der Waals surface area contributed by atoms with Crippen LogP contribution < -0.4 is 10.6 Å². The van der Waals surface area contributed by atoms with Gasteiger partial charge < -0.3 is 25.2 Å². The fourth-order valence-corrected chi connectivity index (χ4v) is 7.36. The van der Waals surface area contributed by atoms with Crippen LogP contribution in [-0.2, 0) is 25.7 Å². The van der Waals surface area contributed by atoms with Crippen molar-refractivity contribution in [2.45, 2.75) is 69.4 Å². The van der Waals surface area contributed by atoms with Gasteiger partial charge in [0, 0.05) is 36.4 Å². The number of nitrogens with one attached hydrogen (secondary N) is 2. The molecule has 1 spiro atoms. The number of nitrogens with zero attached hydrogens (tertiary/aromatic N) is 2. The van der Waals surface area contributed by atoms with Crippen molar-refractivity contribution in [2.75, 3.05) is 25.5 Å². The van der Waals surface area contributed by atoms with E-state index in [4.69, 9.17) is 16.3 Å². The average Bonchev–Trinajstić information content (AvgIpc) is 3.62. The molecule has 42 heavy (non-hydrogen) atoms. The number of fused-ring (bicyclic) bond motifs is 1. The normalized spacial score (nSPS) is 28.4. The fraction of sp³-hybridized carbons (Fsp3) is 0.485. The monoisotopic (exact) mass is 590 g/mol. The van der Waals surface area contributed by atoms with Crippen LogP contribution in [0.2, 0.25) is 5.02 Å². The molecular weight excluding hydrogens is 552 g/mol. The van der Waals surface area contributed by atoms with E-state index in [1.165, 1.54) is 12.0 Å². The number of hydrogen-bond donors (Lipinski definition) is 2. The molecule has 2 aromatic carbocycles. The summed E-state index contributed by atoms with van der Waals surface area (Å²) in [6.45, 7) is 3.54. The van der Waals surface area contributed by atoms with Gasteiger partial charge in [0.25, 0.3) is 0 Å². The molecule has 0 radical (unpaired) electrons. The van der Waals surface area contributed by atoms with Gasteiger partial charge in [-0.25, -0.2) is 0 Å². The van der Waals surface area contributed by atoms with Gasteiger partial charge in [-0.2, -0.15) is 0 Å². The highest BCUT2D eigenvalue weighted by molar-refractivity contribution is 6.31. The Morgan fingerprint density at radius 3 is 2.60 bits per heavy atom. The van der Waals surface area contributed by atoms with Crippen LogP contribution in [0.4, 0.5) is 5.69 Å². The van der Waals surface area contributed by atoms with Crippen molar-refractivity contribution in [1.82, 2.24) is 15.1 Å². The van der Waals surface area contributed by atoms with Gasteiger partial charge in [0.2, 0.25) is 17.7 Å². The first-order valence-corrected chi connectivity index (χ1v) is 15.4. The lowest BCUT2D eigenvalue weighted by Crippen LogP contribution is -2.57. The molecule has 1 aliphatic carbocycles. The third-order valence-electron chi connectivity index (χ3n) is 9.33. The molecule has 8 nitrogen and oxygen atoms in total. The summed E-state index contributed by atoms with van der Waals surface area (Å²) in [7, 11) is 2.01. The van der Waals surface area contributed by atoms with E-state index < -0.39 is 29.6 Å². The Bertz CT molecular complexity index is 1380. The van der Waals surface area contributed by atoms with Crippen LogP contribution in [0.3, 0.4) is 0 Å². The van der Waals surface area contributed by atoms with Gasteiger partial charge in [-0.05, 0) is 50.1 Å². The van der Waals surface area contributed by atoms with Crippen LogP contribution in [0, 0.1) is 18.8 Å². The standard InChI is InChI=1S/C33H39ClN4O4/c1-21-13-14-24(19-25(21)34)36-30(39)27-26-15-16-33(42-26)28(27)32(41)38(18-17-37(2)20-22-9-5-3-6-10-22)29(33)31(40)35-23-11-7-4-8-12-23/h3,5-6,9-10,13-16,19,23,26-29H,4,7-8,11-12,17-18,20H2,1-2H3,(H,35,40)(H,36,39)/t26-,27+,28-,29-,33-/m0/s1. The lowest BCUT2D eigenvalue weighted by atomic mass is 9.74. The molecule has 2 N–H and O–H groups in total. The van der Waals surface area contributed by atoms with Crippen molar-refractivity contribution in [3.63, 3.8) is 0 Å². The van der Waals surface area contributed by atoms with Crippen molar-refractivity contribution in [1.29, 1.82) is 0 Å². The van der Waals surface area contributed by atoms with Crippen LogP contribution in [0.15, 0.2) is 60.7 Å². The molecule has 2 bridgehead atoms. The van der Waals surface area contributed by atoms with Crippen molar-refractivity contribution < 1.29 is 19.1 Å². The van der Waals surface area contributed by atoms with Gasteiger partial charge in [-0.1, -0.05) is 79.4 Å². The number of benzene rings is 2. The molecular formula is C33H39ClN4O4. The maximum absolute atomic E-state index is 14.2. The Balaban J connectivity index is 1.25. The van der Waals surface area contributed by atoms with E-state index in [9.17, 15) is 14.4 Å². The summed E-state index contributed by atoms with van der Waals surface area (Å²) in [6, 6.07) is 14.8. The maximum Gasteiger partial charge on any atom is 0.246 e. The minimum absolute atomic E-state index is 0.0902. The third-order valence-corrected chi connectivity index (χ3v) is 9.74. The van der Waals surface area contributed by atoms with Crippen molar-refractivity contribution >= 4 is 35.0 Å². The molecule has 3 fully saturated rings. The SMILES string of the molecule is Cc1ccc(NC(=O)[C@@H]2[C@@H]3C=C[C@]4(O3)[C@@H]2C(=O)N(CCN(C)Cc2ccccc2)[C@H]4C(=O)NC2CCCCC2)cc1Cl. The number of amides is 3. The second-order valence-corrected chi connectivity index (χ2v) is 12.7. The molecule has 3 heterocycles. The first kappa shape index (κ1) is 28.9. The molecule has 222 valence electrons. The summed E-state index contributed by atoms with van der Waals surface area (Å²) in [4.78, 5) is 45.8. The van der Waals surface area contributed by atoms with Crippen LogP contribution in [-0.4, -0.2) is 71.4 Å². The zero-order chi connectivity index (χ0) is 29.4. The predicted molar refractivity (Wildman–Crippen MR) is 162 cm³/mol. The second kappa shape index (κ2) is 11.8. The number of ether oxygens (including phenoxy) is 1. The highest BCUT2D eigenvalue weighted by Gasteiger charge is 2.72. The summed E-state index contributed by atoms with van der Waals surface area (Å²) < 4.78 is 6.49. The molecule has 9 heteroatoms. The fourth-order valence-electron chi connectivity index (χ4n) is 7.18. The zero-order valence-electron chi connectivity index (χ0n) is 24.2. The van der Waals surface area contributed by atoms with Crippen molar-refractivity contribution in [2.24, 2.45) is 11.8 Å². The molecule has 2 saturated heterocycles. The molecule has 4 aliphatic rings. The first-order valence-electron chi connectivity index (χ1n) is 15.0. The van der Waals surface area contributed by atoms with E-state index in [0.717, 1.165) is 37.8 Å². The quantitative estimate of drug-likeness (QED) is 0.425. The molecule has 3 amide bonds. The van der Waals surface area contributed by atoms with E-state index in [2.05, 4.69) is 27.7 Å². The van der Waals surface area contributed by atoms with Gasteiger partial charge in [0.05, 0.1) is 17.9 Å². The van der Waals surface area contributed by atoms with E-state index >= 15 is 0 Å². The number of likely N-dealkylation sites (tertiary alicyclic amines) is 1. The van der Waals surface area contributed by atoms with E-state index in [1.807, 2.05) is 50.4 Å². The largest absolute Gasteiger partial charge is 0.359 e. The average molecular weight is 591 g/mol. The number of hydrogen-bond acceptors (Lipinski definition) is 5. The summed E-state index contributed by atoms with van der Waals surface area (Å²) >= 11 is 6.30. The number of carbonyl (C=O) groups is 3. The van der Waals surface area contributed by atoms with Gasteiger partial charge in [-0.15, -0.1) is 0 Å². The Morgan fingerprint density at radius 2 is 1.86 bits per heavy atom. The lowest BCUT2D eigenvalue weighted by molar-refractivity contribution is -0.141. The van der Waals surface area contributed by atoms with Gasteiger partial charge >= 0.3 is 0 Å². The second-order valence-electron chi connectivity index (χ2n) is 12.3. The van der Waals surface area contributed by atoms with Crippen LogP contribution in [0.25, 0.3) is 0 Å². The van der Waals surface area contributed by atoms with E-state index in [-0.39, 0.29) is 23.8 Å². The van der Waals surface area contributed by atoms with Crippen molar-refractivity contribution in [3.05, 3.63) is 76.8 Å². The minimum Gasteiger partial charge on any atom is -0.359 e. The van der Waals surface area contributed by atoms with Gasteiger partial charge in [0.15, 0.2) is 0 Å². The smallest absolute Gasteiger partial charge is 0.246 e. The van der Waals surface area contributed by atoms with E-state index in [0.29, 0.717) is 23.8 Å². The minimum atomic E-state index is -1.18. The van der Waals surface area contributed by atoms with Crippen LogP contribution >= 0.6 is 11.6 Å². The van der Waals surface area contributed by atoms with Gasteiger partial charge in [-0.3, -0.25) is 14.4 Å². The molecule has 0 unspecified atom stereocenters. The first-order chi connectivity index (χ1) is 20.3. The third kappa shape index (κ3) is 5.36. The predicted octanol–water partition coefficient (Wildman–Crippen LogP) is 4.32. The van der Waals surface area contributed by atoms with Gasteiger partial charge in [0.1, 0.15) is 11.6 Å². The number of likely N-dealkylation sites (N-methyl/N-ethyl adjacent to an activating group) is 1. The number of aryl methyl sites for hydroxylation is 1. The molecule has 5 atom stereocenters. The Morgan fingerprint density at radius 1 is 1.10 bits per heavy atom. The Labute approximate surface area is 252 Å². The van der Waals surface area contributed by atoms with Crippen molar-refractivity contribution in [3.8, 4) is 0 Å². The number of anilines is 1. The summed E-state index contributed by atoms with van der Waals surface area (Å²) in [6.07, 6.45) is 8.36. The highest BCUT2D eigenvalue weighted by atomic mass is 35.5. The van der Waals surface area contributed by atoms with Crippen LogP contribution in [0.1, 0.15) is 43.2 Å². The molecule has 2 aromatic rings. The number of carbonyl (C=O) groups excluding carboxylic acids is 3. The lowest BCUT2D eigenvalue weighted by Gasteiger charge is -2.34. The molecule has 0 aromatic heterocycles. The Kier molecular flexibility index (Phi) is 8.13. The highest BCUT2D eigenvalue weighted by Crippen LogP contribution is 2.55. The Hall–Kier alpha value is -3.20. The molecule has 1 saturated carbocycles. The zero-order valence-corrected chi connectivity index (χ0v) is 25.0. The number of halogens is 1. The molecule has 6 rings (SSSR count). The summed E-state index contributed by atoms with van der Waals surface area (Å²) in [5.74, 6) is -2.24. The molecule has 3 aliphatic heterocycles. The number of rotatable bonds is 9. The summed E-state index contributed by atoms with van der Waals surface area (Å²) in [5.41, 5.74) is 1.47. The summed E-state index contributed by atoms with van der Waals surface area (Å²) in [5, 5.41) is 6.75.